The molecule has 2 bridgehead atoms. The lowest BCUT2D eigenvalue weighted by atomic mass is 9.86. The zero-order valence-corrected chi connectivity index (χ0v) is 14.0. The minimum absolute atomic E-state index is 0.872. The van der Waals surface area contributed by atoms with Gasteiger partial charge in [0.15, 0.2) is 5.96 Å². The van der Waals surface area contributed by atoms with Crippen LogP contribution >= 0.6 is 0 Å². The van der Waals surface area contributed by atoms with Crippen molar-refractivity contribution < 1.29 is 4.74 Å². The molecule has 3 atom stereocenters. The molecule has 2 saturated carbocycles. The Bertz CT molecular complexity index is 368. The van der Waals surface area contributed by atoms with Crippen LogP contribution in [0.1, 0.15) is 32.1 Å². The van der Waals surface area contributed by atoms with Crippen LogP contribution in [0.15, 0.2) is 4.99 Å². The third-order valence-corrected chi connectivity index (χ3v) is 5.74. The molecular formula is C17H32N4O. The number of aliphatic imine (C=N–C) groups is 1. The molecule has 0 aromatic carbocycles. The molecule has 126 valence electrons. The van der Waals surface area contributed by atoms with Crippen molar-refractivity contribution in [3.05, 3.63) is 0 Å². The average molecular weight is 308 g/mol. The third-order valence-electron chi connectivity index (χ3n) is 5.74. The minimum atomic E-state index is 0.872. The van der Waals surface area contributed by atoms with Crippen LogP contribution in [0.3, 0.4) is 0 Å². The highest BCUT2D eigenvalue weighted by atomic mass is 16.5. The highest BCUT2D eigenvalue weighted by Crippen LogP contribution is 2.49. The summed E-state index contributed by atoms with van der Waals surface area (Å²) >= 11 is 0. The van der Waals surface area contributed by atoms with E-state index in [-0.39, 0.29) is 0 Å². The minimum Gasteiger partial charge on any atom is -0.379 e. The van der Waals surface area contributed by atoms with E-state index in [0.717, 1.165) is 69.7 Å². The number of rotatable bonds is 6. The summed E-state index contributed by atoms with van der Waals surface area (Å²) in [6.07, 6.45) is 7.29. The number of nitrogens with zero attached hydrogens (tertiary/aromatic N) is 2. The highest BCUT2D eigenvalue weighted by Gasteiger charge is 2.38. The molecule has 22 heavy (non-hydrogen) atoms. The van der Waals surface area contributed by atoms with Gasteiger partial charge in [0, 0.05) is 39.8 Å². The Labute approximate surface area is 134 Å². The maximum absolute atomic E-state index is 5.37. The molecule has 0 aromatic heterocycles. The number of nitrogens with one attached hydrogen (secondary N) is 2. The van der Waals surface area contributed by atoms with E-state index in [2.05, 4.69) is 20.5 Å². The molecule has 0 spiro atoms. The number of morpholine rings is 1. The molecule has 0 amide bonds. The first-order valence-corrected chi connectivity index (χ1v) is 9.10. The maximum atomic E-state index is 5.37. The number of hydrogen-bond acceptors (Lipinski definition) is 3. The normalized spacial score (nSPS) is 32.4. The smallest absolute Gasteiger partial charge is 0.191 e. The van der Waals surface area contributed by atoms with Gasteiger partial charge in [-0.2, -0.15) is 0 Å². The van der Waals surface area contributed by atoms with Gasteiger partial charge < -0.3 is 15.4 Å². The van der Waals surface area contributed by atoms with Crippen molar-refractivity contribution in [2.75, 3.05) is 53.0 Å². The van der Waals surface area contributed by atoms with E-state index >= 15 is 0 Å². The van der Waals surface area contributed by atoms with Crippen molar-refractivity contribution in [3.63, 3.8) is 0 Å². The fourth-order valence-corrected chi connectivity index (χ4v) is 4.48. The Morgan fingerprint density at radius 2 is 1.95 bits per heavy atom. The zero-order valence-electron chi connectivity index (χ0n) is 14.0. The molecule has 1 heterocycles. The van der Waals surface area contributed by atoms with Gasteiger partial charge in [-0.15, -0.1) is 0 Å². The van der Waals surface area contributed by atoms with Crippen molar-refractivity contribution in [1.29, 1.82) is 0 Å². The Morgan fingerprint density at radius 3 is 2.64 bits per heavy atom. The van der Waals surface area contributed by atoms with Gasteiger partial charge in [0.1, 0.15) is 0 Å². The predicted octanol–water partition coefficient (Wildman–Crippen LogP) is 1.31. The van der Waals surface area contributed by atoms with Crippen molar-refractivity contribution in [2.45, 2.75) is 32.1 Å². The first-order chi connectivity index (χ1) is 10.8. The molecule has 3 unspecified atom stereocenters. The molecule has 1 aliphatic heterocycles. The van der Waals surface area contributed by atoms with E-state index in [0.29, 0.717) is 0 Å². The van der Waals surface area contributed by atoms with Gasteiger partial charge >= 0.3 is 0 Å². The summed E-state index contributed by atoms with van der Waals surface area (Å²) in [4.78, 5) is 6.78. The largest absolute Gasteiger partial charge is 0.379 e. The highest BCUT2D eigenvalue weighted by molar-refractivity contribution is 5.79. The van der Waals surface area contributed by atoms with Crippen LogP contribution in [0.2, 0.25) is 0 Å². The molecular weight excluding hydrogens is 276 g/mol. The molecule has 3 rings (SSSR count). The van der Waals surface area contributed by atoms with Crippen molar-refractivity contribution in [2.24, 2.45) is 22.7 Å². The first-order valence-electron chi connectivity index (χ1n) is 9.10. The summed E-state index contributed by atoms with van der Waals surface area (Å²) in [6, 6.07) is 0. The van der Waals surface area contributed by atoms with Crippen molar-refractivity contribution in [3.8, 4) is 0 Å². The van der Waals surface area contributed by atoms with Gasteiger partial charge in [-0.05, 0) is 43.4 Å². The Balaban J connectivity index is 1.27. The van der Waals surface area contributed by atoms with Crippen LogP contribution in [0.25, 0.3) is 0 Å². The monoisotopic (exact) mass is 308 g/mol. The summed E-state index contributed by atoms with van der Waals surface area (Å²) in [7, 11) is 1.86. The van der Waals surface area contributed by atoms with Gasteiger partial charge in [0.05, 0.1) is 13.2 Å². The lowest BCUT2D eigenvalue weighted by molar-refractivity contribution is 0.0389. The first kappa shape index (κ1) is 16.1. The molecule has 1 saturated heterocycles. The quantitative estimate of drug-likeness (QED) is 0.574. The van der Waals surface area contributed by atoms with Crippen LogP contribution in [0.5, 0.6) is 0 Å². The van der Waals surface area contributed by atoms with E-state index in [1.807, 2.05) is 7.05 Å². The molecule has 3 aliphatic rings. The van der Waals surface area contributed by atoms with Crippen molar-refractivity contribution in [1.82, 2.24) is 15.5 Å². The van der Waals surface area contributed by atoms with E-state index in [9.17, 15) is 0 Å². The summed E-state index contributed by atoms with van der Waals surface area (Å²) in [5.41, 5.74) is 0. The SMILES string of the molecule is CN=C(NCCC1CC2CCC1C2)NCCN1CCOCC1. The Kier molecular flexibility index (Phi) is 5.96. The fraction of sp³-hybridized carbons (Fsp3) is 0.941. The second kappa shape index (κ2) is 8.16. The van der Waals surface area contributed by atoms with E-state index < -0.39 is 0 Å². The van der Waals surface area contributed by atoms with Crippen molar-refractivity contribution >= 4 is 5.96 Å². The lowest BCUT2D eigenvalue weighted by Crippen LogP contribution is -2.44. The van der Waals surface area contributed by atoms with Crippen LogP contribution in [0, 0.1) is 17.8 Å². The second-order valence-electron chi connectivity index (χ2n) is 7.10. The molecule has 3 fully saturated rings. The van der Waals surface area contributed by atoms with Gasteiger partial charge in [0.25, 0.3) is 0 Å². The standard InChI is InChI=1S/C17H32N4O/c1-18-17(20-6-7-21-8-10-22-11-9-21)19-5-4-16-13-14-2-3-15(16)12-14/h14-16H,2-13H2,1H3,(H2,18,19,20). The van der Waals surface area contributed by atoms with E-state index in [4.69, 9.17) is 4.74 Å². The van der Waals surface area contributed by atoms with Crippen LogP contribution < -0.4 is 10.6 Å². The maximum Gasteiger partial charge on any atom is 0.191 e. The molecule has 0 radical (unpaired) electrons. The zero-order chi connectivity index (χ0) is 15.2. The summed E-state index contributed by atoms with van der Waals surface area (Å²) in [5.74, 6) is 4.01. The summed E-state index contributed by atoms with van der Waals surface area (Å²) < 4.78 is 5.37. The van der Waals surface area contributed by atoms with Crippen LogP contribution in [-0.4, -0.2) is 63.8 Å². The fourth-order valence-electron chi connectivity index (χ4n) is 4.48. The molecule has 5 heteroatoms. The number of ether oxygens (including phenoxy) is 1. The second-order valence-corrected chi connectivity index (χ2v) is 7.10. The van der Waals surface area contributed by atoms with Crippen LogP contribution in [-0.2, 0) is 4.74 Å². The molecule has 2 aliphatic carbocycles. The number of fused-ring (bicyclic) bond motifs is 2. The molecule has 2 N–H and O–H groups in total. The summed E-state index contributed by atoms with van der Waals surface area (Å²) in [5, 5.41) is 6.92. The van der Waals surface area contributed by atoms with Gasteiger partial charge in [-0.25, -0.2) is 0 Å². The third kappa shape index (κ3) is 4.35. The number of hydrogen-bond donors (Lipinski definition) is 2. The molecule has 5 nitrogen and oxygen atoms in total. The van der Waals surface area contributed by atoms with Gasteiger partial charge in [-0.3, -0.25) is 9.89 Å². The topological polar surface area (TPSA) is 48.9 Å². The Morgan fingerprint density at radius 1 is 1.14 bits per heavy atom. The van der Waals surface area contributed by atoms with E-state index in [1.165, 1.54) is 32.1 Å². The predicted molar refractivity (Wildman–Crippen MR) is 90.2 cm³/mol. The van der Waals surface area contributed by atoms with Crippen LogP contribution in [0.4, 0.5) is 0 Å². The lowest BCUT2D eigenvalue weighted by Gasteiger charge is -2.27. The average Bonchev–Trinajstić information content (AvgIpc) is 3.17. The van der Waals surface area contributed by atoms with E-state index in [1.54, 1.807) is 0 Å². The summed E-state index contributed by atoms with van der Waals surface area (Å²) in [6.45, 7) is 6.93. The van der Waals surface area contributed by atoms with Gasteiger partial charge in [0.2, 0.25) is 0 Å². The Hall–Kier alpha value is -0.810. The van der Waals surface area contributed by atoms with Gasteiger partial charge in [-0.1, -0.05) is 6.42 Å². The number of guanidine groups is 1. The molecule has 0 aromatic rings.